The normalized spacial score (nSPS) is 17.7. The number of nitrogens with zero attached hydrogens (tertiary/aromatic N) is 1. The summed E-state index contributed by atoms with van der Waals surface area (Å²) in [4.78, 5) is 24.8. The van der Waals surface area contributed by atoms with Crippen molar-refractivity contribution in [1.82, 2.24) is 9.62 Å². The molecule has 1 saturated heterocycles. The third-order valence-electron chi connectivity index (χ3n) is 3.55. The van der Waals surface area contributed by atoms with Crippen LogP contribution in [0.15, 0.2) is 29.2 Å². The summed E-state index contributed by atoms with van der Waals surface area (Å²) in [5.74, 6) is 0.607. The maximum Gasteiger partial charge on any atom is 0.326 e. The molecule has 1 amide bonds. The average molecular weight is 336 g/mol. The molecule has 1 fully saturated rings. The smallest absolute Gasteiger partial charge is 0.326 e. The Labute approximate surface area is 134 Å². The molecule has 122 valence electrons. The zero-order valence-electron chi connectivity index (χ0n) is 12.2. The quantitative estimate of drug-likeness (QED) is 0.752. The second-order valence-corrected chi connectivity index (χ2v) is 6.82. The molecule has 0 aromatic heterocycles. The third-order valence-corrected chi connectivity index (χ3v) is 4.95. The minimum absolute atomic E-state index is 0.0929. The average Bonchev–Trinajstić information content (AvgIpc) is 3.02. The van der Waals surface area contributed by atoms with Crippen LogP contribution in [-0.4, -0.2) is 49.4 Å². The predicted molar refractivity (Wildman–Crippen MR) is 82.2 cm³/mol. The molecular weight excluding hydrogens is 320 g/mol. The van der Waals surface area contributed by atoms with E-state index in [1.54, 1.807) is 0 Å². The molecule has 0 radical (unpaired) electrons. The van der Waals surface area contributed by atoms with Gasteiger partial charge in [-0.2, -0.15) is 4.72 Å². The van der Waals surface area contributed by atoms with Gasteiger partial charge in [-0.25, -0.2) is 13.2 Å². The minimum atomic E-state index is -3.81. The van der Waals surface area contributed by atoms with Gasteiger partial charge in [0.2, 0.25) is 10.0 Å². The lowest BCUT2D eigenvalue weighted by molar-refractivity contribution is -0.141. The maximum absolute atomic E-state index is 12.5. The number of hydrogen-bond donors (Lipinski definition) is 2. The van der Waals surface area contributed by atoms with E-state index in [0.717, 1.165) is 0 Å². The van der Waals surface area contributed by atoms with Crippen LogP contribution in [0.2, 0.25) is 0 Å². The molecule has 1 heterocycles. The van der Waals surface area contributed by atoms with Crippen LogP contribution in [0.3, 0.4) is 0 Å². The number of carbonyl (C=O) groups is 2. The van der Waals surface area contributed by atoms with Gasteiger partial charge in [0.1, 0.15) is 6.04 Å². The number of sulfonamides is 1. The summed E-state index contributed by atoms with van der Waals surface area (Å²) in [6.07, 6.45) is 6.02. The Morgan fingerprint density at radius 2 is 2.17 bits per heavy atom. The van der Waals surface area contributed by atoms with Crippen LogP contribution in [0.25, 0.3) is 0 Å². The van der Waals surface area contributed by atoms with Crippen LogP contribution < -0.4 is 4.72 Å². The summed E-state index contributed by atoms with van der Waals surface area (Å²) in [5, 5.41) is 9.14. The molecule has 1 atom stereocenters. The fourth-order valence-electron chi connectivity index (χ4n) is 2.45. The van der Waals surface area contributed by atoms with E-state index in [9.17, 15) is 18.0 Å². The molecule has 1 aliphatic heterocycles. The number of carbonyl (C=O) groups excluding carboxylic acids is 1. The minimum Gasteiger partial charge on any atom is -0.480 e. The van der Waals surface area contributed by atoms with Crippen LogP contribution in [0, 0.1) is 12.3 Å². The number of benzene rings is 1. The highest BCUT2D eigenvalue weighted by atomic mass is 32.2. The molecule has 2 N–H and O–H groups in total. The van der Waals surface area contributed by atoms with Crippen LogP contribution in [0.4, 0.5) is 0 Å². The molecule has 1 aliphatic rings. The summed E-state index contributed by atoms with van der Waals surface area (Å²) in [7, 11) is -3.81. The van der Waals surface area contributed by atoms with Crippen molar-refractivity contribution < 1.29 is 23.1 Å². The van der Waals surface area contributed by atoms with Crippen LogP contribution in [0.1, 0.15) is 23.2 Å². The summed E-state index contributed by atoms with van der Waals surface area (Å²) in [6.45, 7) is 0.176. The van der Waals surface area contributed by atoms with Gasteiger partial charge in [0.15, 0.2) is 0 Å². The Morgan fingerprint density at radius 3 is 2.83 bits per heavy atom. The van der Waals surface area contributed by atoms with Crippen molar-refractivity contribution in [2.45, 2.75) is 23.8 Å². The van der Waals surface area contributed by atoms with Crippen molar-refractivity contribution in [3.63, 3.8) is 0 Å². The van der Waals surface area contributed by atoms with Gasteiger partial charge < -0.3 is 10.0 Å². The Balaban J connectivity index is 2.28. The van der Waals surface area contributed by atoms with E-state index in [1.807, 2.05) is 0 Å². The largest absolute Gasteiger partial charge is 0.480 e. The highest BCUT2D eigenvalue weighted by Crippen LogP contribution is 2.21. The summed E-state index contributed by atoms with van der Waals surface area (Å²) < 4.78 is 26.3. The van der Waals surface area contributed by atoms with Gasteiger partial charge in [-0.1, -0.05) is 12.0 Å². The van der Waals surface area contributed by atoms with Crippen molar-refractivity contribution in [2.75, 3.05) is 13.1 Å². The second-order valence-electron chi connectivity index (χ2n) is 5.05. The Bertz CT molecular complexity index is 766. The maximum atomic E-state index is 12.5. The van der Waals surface area contributed by atoms with E-state index >= 15 is 0 Å². The van der Waals surface area contributed by atoms with Crippen LogP contribution in [-0.2, 0) is 14.8 Å². The first-order valence-corrected chi connectivity index (χ1v) is 8.42. The fourth-order valence-corrected chi connectivity index (χ4v) is 3.43. The number of rotatable bonds is 5. The lowest BCUT2D eigenvalue weighted by Gasteiger charge is -2.21. The second kappa shape index (κ2) is 6.81. The number of carboxylic acid groups (broad SMARTS) is 1. The number of nitrogens with one attached hydrogen (secondary N) is 1. The van der Waals surface area contributed by atoms with Gasteiger partial charge in [0.05, 0.1) is 11.4 Å². The summed E-state index contributed by atoms with van der Waals surface area (Å²) in [6, 6.07) is 4.58. The van der Waals surface area contributed by atoms with Gasteiger partial charge in [0.25, 0.3) is 5.91 Å². The molecule has 0 saturated carbocycles. The van der Waals surface area contributed by atoms with Crippen LogP contribution in [0.5, 0.6) is 0 Å². The molecule has 8 heteroatoms. The molecular formula is C15H16N2O5S. The van der Waals surface area contributed by atoms with E-state index in [4.69, 9.17) is 11.5 Å². The van der Waals surface area contributed by atoms with Crippen molar-refractivity contribution in [3.8, 4) is 12.3 Å². The van der Waals surface area contributed by atoms with E-state index in [1.165, 1.54) is 29.2 Å². The molecule has 0 spiro atoms. The van der Waals surface area contributed by atoms with E-state index < -0.39 is 27.9 Å². The molecule has 0 aliphatic carbocycles. The molecule has 0 bridgehead atoms. The zero-order chi connectivity index (χ0) is 17.0. The molecule has 23 heavy (non-hydrogen) atoms. The van der Waals surface area contributed by atoms with Gasteiger partial charge in [-0.3, -0.25) is 4.79 Å². The fraction of sp³-hybridized carbons (Fsp3) is 0.333. The van der Waals surface area contributed by atoms with E-state index in [2.05, 4.69) is 10.6 Å². The first kappa shape index (κ1) is 17.0. The van der Waals surface area contributed by atoms with E-state index in [-0.39, 0.29) is 17.0 Å². The standard InChI is InChI=1S/C15H16N2O5S/c1-2-8-16-23(21,22)12-6-3-5-11(10-12)14(18)17-9-4-7-13(17)15(19)20/h1,3,5-6,10,13,16H,4,7-9H2,(H,19,20). The Morgan fingerprint density at radius 1 is 1.43 bits per heavy atom. The first-order chi connectivity index (χ1) is 10.9. The number of amides is 1. The number of hydrogen-bond acceptors (Lipinski definition) is 4. The van der Waals surface area contributed by atoms with Gasteiger partial charge in [0, 0.05) is 12.1 Å². The molecule has 1 unspecified atom stereocenters. The zero-order valence-corrected chi connectivity index (χ0v) is 13.0. The highest BCUT2D eigenvalue weighted by molar-refractivity contribution is 7.89. The lowest BCUT2D eigenvalue weighted by Crippen LogP contribution is -2.40. The number of aliphatic carboxylic acids is 1. The lowest BCUT2D eigenvalue weighted by atomic mass is 10.1. The van der Waals surface area contributed by atoms with Crippen molar-refractivity contribution in [1.29, 1.82) is 0 Å². The van der Waals surface area contributed by atoms with Crippen molar-refractivity contribution >= 4 is 21.9 Å². The van der Waals surface area contributed by atoms with Gasteiger partial charge >= 0.3 is 5.97 Å². The van der Waals surface area contributed by atoms with Gasteiger partial charge in [-0.15, -0.1) is 6.42 Å². The van der Waals surface area contributed by atoms with Crippen molar-refractivity contribution in [2.24, 2.45) is 0 Å². The summed E-state index contributed by atoms with van der Waals surface area (Å²) >= 11 is 0. The predicted octanol–water partition coefficient (Wildman–Crippen LogP) is 0.287. The molecule has 2 rings (SSSR count). The van der Waals surface area contributed by atoms with Crippen LogP contribution >= 0.6 is 0 Å². The number of carboxylic acids is 1. The molecule has 7 nitrogen and oxygen atoms in total. The SMILES string of the molecule is C#CCNS(=O)(=O)c1cccc(C(=O)N2CCCC2C(=O)O)c1. The van der Waals surface area contributed by atoms with E-state index in [0.29, 0.717) is 19.4 Å². The summed E-state index contributed by atoms with van der Waals surface area (Å²) in [5.41, 5.74) is 0.127. The molecule has 1 aromatic rings. The van der Waals surface area contributed by atoms with Crippen molar-refractivity contribution in [3.05, 3.63) is 29.8 Å². The Hall–Kier alpha value is -2.37. The Kier molecular flexibility index (Phi) is 5.03. The number of terminal acetylenes is 1. The molecule has 1 aromatic carbocycles. The monoisotopic (exact) mass is 336 g/mol. The number of likely N-dealkylation sites (tertiary alicyclic amines) is 1. The van der Waals surface area contributed by atoms with Gasteiger partial charge in [-0.05, 0) is 31.0 Å². The topological polar surface area (TPSA) is 104 Å². The first-order valence-electron chi connectivity index (χ1n) is 6.94. The highest BCUT2D eigenvalue weighted by Gasteiger charge is 2.34. The third kappa shape index (κ3) is 3.70.